The van der Waals surface area contributed by atoms with E-state index in [2.05, 4.69) is 40.0 Å². The van der Waals surface area contributed by atoms with Crippen molar-refractivity contribution >= 4 is 34.7 Å². The maximum atomic E-state index is 12.5. The number of rotatable bonds is 7. The highest BCUT2D eigenvalue weighted by Gasteiger charge is 2.29. The van der Waals surface area contributed by atoms with Gasteiger partial charge in [-0.25, -0.2) is 9.59 Å². The number of ether oxygens (including phenoxy) is 2. The minimum Gasteiger partial charge on any atom is -0.496 e. The molecule has 2 N–H and O–H groups in total. The first kappa shape index (κ1) is 22.1. The van der Waals surface area contributed by atoms with E-state index in [1.54, 1.807) is 19.2 Å². The lowest BCUT2D eigenvalue weighted by molar-refractivity contribution is -0.139. The Balaban J connectivity index is 1.42. The Hall–Kier alpha value is -3.07. The van der Waals surface area contributed by atoms with Gasteiger partial charge >= 0.3 is 12.1 Å². The number of halogens is 1. The van der Waals surface area contributed by atoms with Gasteiger partial charge in [0.15, 0.2) is 0 Å². The van der Waals surface area contributed by atoms with E-state index >= 15 is 0 Å². The summed E-state index contributed by atoms with van der Waals surface area (Å²) in [7, 11) is 1.58. The topological polar surface area (TPSA) is 84.9 Å². The lowest BCUT2D eigenvalue weighted by Gasteiger charge is -2.18. The number of nitrogens with one attached hydrogen (secondary N) is 1. The van der Waals surface area contributed by atoms with Gasteiger partial charge in [-0.2, -0.15) is 0 Å². The number of carbonyl (C=O) groups excluding carboxylic acids is 1. The molecule has 1 unspecified atom stereocenters. The number of methoxy groups -OCH3 is 1. The Morgan fingerprint density at radius 2 is 1.66 bits per heavy atom. The molecule has 0 heterocycles. The number of aliphatic carboxylic acids is 1. The van der Waals surface area contributed by atoms with E-state index in [1.807, 2.05) is 42.5 Å². The van der Waals surface area contributed by atoms with Gasteiger partial charge in [0.2, 0.25) is 0 Å². The average Bonchev–Trinajstić information content (AvgIpc) is 3.11. The summed E-state index contributed by atoms with van der Waals surface area (Å²) in [6.45, 7) is 0.132. The Bertz CT molecular complexity index is 1120. The van der Waals surface area contributed by atoms with Crippen LogP contribution < -0.4 is 10.1 Å². The fraction of sp³-hybridized carbons (Fsp3) is 0.200. The second-order valence-electron chi connectivity index (χ2n) is 7.53. The van der Waals surface area contributed by atoms with E-state index in [-0.39, 0.29) is 18.9 Å². The van der Waals surface area contributed by atoms with Gasteiger partial charge in [-0.3, -0.25) is 0 Å². The zero-order valence-electron chi connectivity index (χ0n) is 17.4. The number of hydrogen-bond donors (Lipinski definition) is 2. The van der Waals surface area contributed by atoms with Crippen LogP contribution >= 0.6 is 22.6 Å². The van der Waals surface area contributed by atoms with Gasteiger partial charge in [0.25, 0.3) is 0 Å². The van der Waals surface area contributed by atoms with Gasteiger partial charge in [-0.05, 0) is 62.5 Å². The molecule has 0 bridgehead atoms. The third kappa shape index (κ3) is 4.57. The van der Waals surface area contributed by atoms with Crippen molar-refractivity contribution in [1.29, 1.82) is 0 Å². The Morgan fingerprint density at radius 1 is 1.03 bits per heavy atom. The maximum Gasteiger partial charge on any atom is 0.407 e. The molecule has 4 rings (SSSR count). The second-order valence-corrected chi connectivity index (χ2v) is 8.70. The van der Waals surface area contributed by atoms with E-state index in [0.717, 1.165) is 31.4 Å². The number of amides is 1. The van der Waals surface area contributed by atoms with Crippen LogP contribution in [0.25, 0.3) is 11.1 Å². The van der Waals surface area contributed by atoms with Crippen LogP contribution in [0.5, 0.6) is 5.75 Å². The molecule has 32 heavy (non-hydrogen) atoms. The van der Waals surface area contributed by atoms with E-state index in [9.17, 15) is 14.7 Å². The molecule has 1 atom stereocenters. The summed E-state index contributed by atoms with van der Waals surface area (Å²) >= 11 is 2.13. The van der Waals surface area contributed by atoms with E-state index in [4.69, 9.17) is 9.47 Å². The van der Waals surface area contributed by atoms with Crippen LogP contribution in [0.1, 0.15) is 22.6 Å². The number of carbonyl (C=O) groups is 2. The highest BCUT2D eigenvalue weighted by Crippen LogP contribution is 2.44. The molecule has 0 aromatic heterocycles. The lowest BCUT2D eigenvalue weighted by atomic mass is 9.98. The van der Waals surface area contributed by atoms with E-state index < -0.39 is 18.1 Å². The molecule has 7 heteroatoms. The minimum atomic E-state index is -1.12. The number of carboxylic acids is 1. The van der Waals surface area contributed by atoms with Crippen molar-refractivity contribution in [3.63, 3.8) is 0 Å². The SMILES string of the molecule is COc1ccc(CC(NC(=O)OCC2c3ccccc3-c3ccccc32)C(=O)O)cc1I. The predicted octanol–water partition coefficient (Wildman–Crippen LogP) is 4.83. The molecule has 0 fully saturated rings. The molecule has 3 aromatic carbocycles. The van der Waals surface area contributed by atoms with Crippen molar-refractivity contribution in [3.05, 3.63) is 87.0 Å². The van der Waals surface area contributed by atoms with Crippen LogP contribution in [0, 0.1) is 3.57 Å². The molecule has 0 spiro atoms. The Morgan fingerprint density at radius 3 is 2.22 bits per heavy atom. The molecule has 1 amide bonds. The van der Waals surface area contributed by atoms with E-state index in [0.29, 0.717) is 5.75 Å². The summed E-state index contributed by atoms with van der Waals surface area (Å²) in [5.74, 6) is -0.491. The molecule has 0 saturated heterocycles. The normalized spacial score (nSPS) is 13.1. The van der Waals surface area contributed by atoms with Crippen LogP contribution in [0.3, 0.4) is 0 Å². The lowest BCUT2D eigenvalue weighted by Crippen LogP contribution is -2.42. The zero-order chi connectivity index (χ0) is 22.7. The zero-order valence-corrected chi connectivity index (χ0v) is 19.5. The molecule has 0 saturated carbocycles. The summed E-state index contributed by atoms with van der Waals surface area (Å²) in [5.41, 5.74) is 5.25. The molecular formula is C25H22INO5. The first-order chi connectivity index (χ1) is 15.5. The third-order valence-electron chi connectivity index (χ3n) is 5.59. The number of fused-ring (bicyclic) bond motifs is 3. The summed E-state index contributed by atoms with van der Waals surface area (Å²) in [5, 5.41) is 12.1. The van der Waals surface area contributed by atoms with Gasteiger partial charge in [0.1, 0.15) is 18.4 Å². The van der Waals surface area contributed by atoms with Gasteiger partial charge < -0.3 is 19.9 Å². The summed E-state index contributed by atoms with van der Waals surface area (Å²) < 4.78 is 11.6. The fourth-order valence-electron chi connectivity index (χ4n) is 4.05. The maximum absolute atomic E-state index is 12.5. The average molecular weight is 543 g/mol. The van der Waals surface area contributed by atoms with Crippen molar-refractivity contribution in [3.8, 4) is 16.9 Å². The monoisotopic (exact) mass is 543 g/mol. The first-order valence-electron chi connectivity index (χ1n) is 10.1. The largest absolute Gasteiger partial charge is 0.496 e. The smallest absolute Gasteiger partial charge is 0.407 e. The predicted molar refractivity (Wildman–Crippen MR) is 129 cm³/mol. The van der Waals surface area contributed by atoms with Crippen molar-refractivity contribution in [2.75, 3.05) is 13.7 Å². The molecule has 1 aliphatic rings. The van der Waals surface area contributed by atoms with Crippen LogP contribution in [-0.2, 0) is 16.0 Å². The molecule has 6 nitrogen and oxygen atoms in total. The van der Waals surface area contributed by atoms with Crippen LogP contribution in [0.15, 0.2) is 66.7 Å². The van der Waals surface area contributed by atoms with Gasteiger partial charge in [-0.1, -0.05) is 54.6 Å². The van der Waals surface area contributed by atoms with Crippen LogP contribution in [-0.4, -0.2) is 36.9 Å². The number of hydrogen-bond acceptors (Lipinski definition) is 4. The van der Waals surface area contributed by atoms with Crippen molar-refractivity contribution in [2.24, 2.45) is 0 Å². The van der Waals surface area contributed by atoms with Crippen molar-refractivity contribution in [2.45, 2.75) is 18.4 Å². The second kappa shape index (κ2) is 9.60. The Labute approximate surface area is 199 Å². The molecule has 0 aliphatic heterocycles. The standard InChI is InChI=1S/C25H22INO5/c1-31-23-11-10-15(12-21(23)26)13-22(24(28)29)27-25(30)32-14-20-18-8-4-2-6-16(18)17-7-3-5-9-19(17)20/h2-12,20,22H,13-14H2,1H3,(H,27,30)(H,28,29). The molecule has 164 valence electrons. The fourth-order valence-corrected chi connectivity index (χ4v) is 4.85. The molecular weight excluding hydrogens is 521 g/mol. The molecule has 3 aromatic rings. The van der Waals surface area contributed by atoms with E-state index in [1.165, 1.54) is 0 Å². The minimum absolute atomic E-state index is 0.0837. The number of alkyl carbamates (subject to hydrolysis) is 1. The van der Waals surface area contributed by atoms with Gasteiger partial charge in [0.05, 0.1) is 10.7 Å². The van der Waals surface area contributed by atoms with Crippen molar-refractivity contribution < 1.29 is 24.2 Å². The first-order valence-corrected chi connectivity index (χ1v) is 11.2. The van der Waals surface area contributed by atoms with Gasteiger partial charge in [-0.15, -0.1) is 0 Å². The van der Waals surface area contributed by atoms with Gasteiger partial charge in [0, 0.05) is 12.3 Å². The van der Waals surface area contributed by atoms with Crippen molar-refractivity contribution in [1.82, 2.24) is 5.32 Å². The summed E-state index contributed by atoms with van der Waals surface area (Å²) in [6, 6.07) is 20.4. The number of carboxylic acid groups (broad SMARTS) is 1. The van der Waals surface area contributed by atoms with Crippen LogP contribution in [0.2, 0.25) is 0 Å². The Kier molecular flexibility index (Phi) is 6.64. The summed E-state index contributed by atoms with van der Waals surface area (Å²) in [6.07, 6.45) is -0.609. The van der Waals surface area contributed by atoms with Crippen LogP contribution in [0.4, 0.5) is 4.79 Å². The highest BCUT2D eigenvalue weighted by molar-refractivity contribution is 14.1. The number of benzene rings is 3. The molecule has 0 radical (unpaired) electrons. The molecule has 1 aliphatic carbocycles. The summed E-state index contributed by atoms with van der Waals surface area (Å²) in [4.78, 5) is 24.2. The quantitative estimate of drug-likeness (QED) is 0.417. The third-order valence-corrected chi connectivity index (χ3v) is 6.43. The highest BCUT2D eigenvalue weighted by atomic mass is 127.